The SMILES string of the molecule is C=CCOc1ccc(C=C2C(=O)Nc3ccc(Cl)cc32)cc1Br. The third-order valence-electron chi connectivity index (χ3n) is 3.39. The van der Waals surface area contributed by atoms with Gasteiger partial charge in [-0.3, -0.25) is 4.79 Å². The van der Waals surface area contributed by atoms with Gasteiger partial charge in [-0.2, -0.15) is 0 Å². The molecule has 1 aliphatic rings. The van der Waals surface area contributed by atoms with Crippen molar-refractivity contribution in [3.05, 3.63) is 69.7 Å². The smallest absolute Gasteiger partial charge is 0.256 e. The number of halogens is 2. The van der Waals surface area contributed by atoms with Crippen LogP contribution in [0, 0.1) is 0 Å². The van der Waals surface area contributed by atoms with E-state index in [1.807, 2.05) is 24.3 Å². The van der Waals surface area contributed by atoms with Crippen molar-refractivity contribution in [2.24, 2.45) is 0 Å². The lowest BCUT2D eigenvalue weighted by Gasteiger charge is -2.07. The molecular formula is C18H13BrClNO2. The van der Waals surface area contributed by atoms with Gasteiger partial charge in [0.25, 0.3) is 5.91 Å². The van der Waals surface area contributed by atoms with E-state index < -0.39 is 0 Å². The van der Waals surface area contributed by atoms with E-state index in [1.165, 1.54) is 0 Å². The number of amides is 1. The molecule has 2 aromatic carbocycles. The molecule has 1 aliphatic heterocycles. The van der Waals surface area contributed by atoms with Crippen molar-refractivity contribution < 1.29 is 9.53 Å². The zero-order valence-electron chi connectivity index (χ0n) is 12.1. The van der Waals surface area contributed by atoms with E-state index in [-0.39, 0.29) is 5.91 Å². The van der Waals surface area contributed by atoms with Crippen molar-refractivity contribution in [3.8, 4) is 5.75 Å². The lowest BCUT2D eigenvalue weighted by Crippen LogP contribution is -2.03. The minimum Gasteiger partial charge on any atom is -0.488 e. The highest BCUT2D eigenvalue weighted by molar-refractivity contribution is 9.10. The molecule has 0 spiro atoms. The van der Waals surface area contributed by atoms with E-state index in [0.717, 1.165) is 27.0 Å². The summed E-state index contributed by atoms with van der Waals surface area (Å²) in [7, 11) is 0. The normalized spacial score (nSPS) is 14.5. The summed E-state index contributed by atoms with van der Waals surface area (Å²) in [6.07, 6.45) is 3.52. The Morgan fingerprint density at radius 1 is 1.26 bits per heavy atom. The molecular weight excluding hydrogens is 378 g/mol. The molecule has 2 aromatic rings. The molecule has 0 bridgehead atoms. The first kappa shape index (κ1) is 15.8. The molecule has 23 heavy (non-hydrogen) atoms. The summed E-state index contributed by atoms with van der Waals surface area (Å²) in [5.41, 5.74) is 3.07. The van der Waals surface area contributed by atoms with Crippen molar-refractivity contribution in [1.29, 1.82) is 0 Å². The summed E-state index contributed by atoms with van der Waals surface area (Å²) in [5.74, 6) is 0.594. The van der Waals surface area contributed by atoms with Crippen LogP contribution in [-0.2, 0) is 4.79 Å². The second-order valence-corrected chi connectivity index (χ2v) is 6.28. The van der Waals surface area contributed by atoms with Crippen LogP contribution in [0.5, 0.6) is 5.75 Å². The Balaban J connectivity index is 1.96. The van der Waals surface area contributed by atoms with E-state index >= 15 is 0 Å². The van der Waals surface area contributed by atoms with Gasteiger partial charge in [0.2, 0.25) is 0 Å². The highest BCUT2D eigenvalue weighted by Gasteiger charge is 2.24. The first-order valence-corrected chi connectivity index (χ1v) is 8.12. The fraction of sp³-hybridized carbons (Fsp3) is 0.0556. The van der Waals surface area contributed by atoms with Crippen LogP contribution < -0.4 is 10.1 Å². The molecule has 3 nitrogen and oxygen atoms in total. The molecule has 0 saturated heterocycles. The molecule has 0 saturated carbocycles. The molecule has 1 N–H and O–H groups in total. The number of carbonyl (C=O) groups excluding carboxylic acids is 1. The molecule has 0 unspecified atom stereocenters. The molecule has 3 rings (SSSR count). The Labute approximate surface area is 147 Å². The van der Waals surface area contributed by atoms with Gasteiger partial charge < -0.3 is 10.1 Å². The summed E-state index contributed by atoms with van der Waals surface area (Å²) in [5, 5.41) is 3.43. The Morgan fingerprint density at radius 3 is 2.83 bits per heavy atom. The average molecular weight is 391 g/mol. The fourth-order valence-electron chi connectivity index (χ4n) is 2.34. The summed E-state index contributed by atoms with van der Waals surface area (Å²) in [4.78, 5) is 12.2. The van der Waals surface area contributed by atoms with Crippen molar-refractivity contribution in [3.63, 3.8) is 0 Å². The van der Waals surface area contributed by atoms with Crippen molar-refractivity contribution >= 4 is 50.8 Å². The number of anilines is 1. The molecule has 0 aromatic heterocycles. The van der Waals surface area contributed by atoms with Crippen LogP contribution in [0.15, 0.2) is 53.5 Å². The molecule has 116 valence electrons. The van der Waals surface area contributed by atoms with Gasteiger partial charge in [-0.05, 0) is 57.9 Å². The number of nitrogens with one attached hydrogen (secondary N) is 1. The Morgan fingerprint density at radius 2 is 2.09 bits per heavy atom. The summed E-state index contributed by atoms with van der Waals surface area (Å²) < 4.78 is 6.34. The number of ether oxygens (including phenoxy) is 1. The summed E-state index contributed by atoms with van der Waals surface area (Å²) >= 11 is 9.51. The number of hydrogen-bond donors (Lipinski definition) is 1. The maximum absolute atomic E-state index is 12.2. The first-order valence-electron chi connectivity index (χ1n) is 6.94. The Hall–Kier alpha value is -2.04. The average Bonchev–Trinajstić information content (AvgIpc) is 2.82. The quantitative estimate of drug-likeness (QED) is 0.578. The molecule has 1 heterocycles. The highest BCUT2D eigenvalue weighted by Crippen LogP contribution is 2.35. The van der Waals surface area contributed by atoms with Gasteiger partial charge in [0.05, 0.1) is 4.47 Å². The standard InChI is InChI=1S/C18H13BrClNO2/c1-2-7-23-17-6-3-11(9-15(17)19)8-14-13-10-12(20)4-5-16(13)21-18(14)22/h2-6,8-10H,1,7H2,(H,21,22). The second-order valence-electron chi connectivity index (χ2n) is 4.99. The molecule has 0 radical (unpaired) electrons. The number of fused-ring (bicyclic) bond motifs is 1. The molecule has 0 atom stereocenters. The van der Waals surface area contributed by atoms with E-state index in [0.29, 0.717) is 17.2 Å². The predicted octanol–water partition coefficient (Wildman–Crippen LogP) is 5.16. The molecule has 0 fully saturated rings. The Bertz CT molecular complexity index is 830. The lowest BCUT2D eigenvalue weighted by molar-refractivity contribution is -0.110. The first-order chi connectivity index (χ1) is 11.1. The fourth-order valence-corrected chi connectivity index (χ4v) is 3.03. The largest absolute Gasteiger partial charge is 0.488 e. The minimum atomic E-state index is -0.134. The zero-order valence-corrected chi connectivity index (χ0v) is 14.4. The molecule has 5 heteroatoms. The van der Waals surface area contributed by atoms with Gasteiger partial charge in [0, 0.05) is 21.8 Å². The Kier molecular flexibility index (Phi) is 4.55. The maximum Gasteiger partial charge on any atom is 0.256 e. The van der Waals surface area contributed by atoms with Gasteiger partial charge in [-0.1, -0.05) is 30.3 Å². The van der Waals surface area contributed by atoms with Crippen molar-refractivity contribution in [2.45, 2.75) is 0 Å². The summed E-state index contributed by atoms with van der Waals surface area (Å²) in [6, 6.07) is 11.0. The van der Waals surface area contributed by atoms with E-state index in [1.54, 1.807) is 24.3 Å². The second kappa shape index (κ2) is 6.60. The van der Waals surface area contributed by atoms with Gasteiger partial charge in [-0.25, -0.2) is 0 Å². The van der Waals surface area contributed by atoms with E-state index in [4.69, 9.17) is 16.3 Å². The van der Waals surface area contributed by atoms with Crippen LogP contribution in [0.1, 0.15) is 11.1 Å². The van der Waals surface area contributed by atoms with Gasteiger partial charge in [0.15, 0.2) is 0 Å². The summed E-state index contributed by atoms with van der Waals surface area (Å²) in [6.45, 7) is 4.06. The minimum absolute atomic E-state index is 0.134. The van der Waals surface area contributed by atoms with Gasteiger partial charge >= 0.3 is 0 Å². The topological polar surface area (TPSA) is 38.3 Å². The highest BCUT2D eigenvalue weighted by atomic mass is 79.9. The van der Waals surface area contributed by atoms with Gasteiger partial charge in [0.1, 0.15) is 12.4 Å². The third kappa shape index (κ3) is 3.33. The number of hydrogen-bond acceptors (Lipinski definition) is 2. The van der Waals surface area contributed by atoms with Crippen molar-refractivity contribution in [1.82, 2.24) is 0 Å². The van der Waals surface area contributed by atoms with Crippen LogP contribution in [0.4, 0.5) is 5.69 Å². The number of carbonyl (C=O) groups is 1. The zero-order chi connectivity index (χ0) is 16.4. The van der Waals surface area contributed by atoms with Gasteiger partial charge in [-0.15, -0.1) is 0 Å². The van der Waals surface area contributed by atoms with Crippen LogP contribution in [0.2, 0.25) is 5.02 Å². The third-order valence-corrected chi connectivity index (χ3v) is 4.24. The van der Waals surface area contributed by atoms with E-state index in [2.05, 4.69) is 27.8 Å². The monoisotopic (exact) mass is 389 g/mol. The van der Waals surface area contributed by atoms with Crippen LogP contribution in [-0.4, -0.2) is 12.5 Å². The van der Waals surface area contributed by atoms with Crippen LogP contribution in [0.3, 0.4) is 0 Å². The predicted molar refractivity (Wildman–Crippen MR) is 97.8 cm³/mol. The number of benzene rings is 2. The lowest BCUT2D eigenvalue weighted by atomic mass is 10.0. The molecule has 0 aliphatic carbocycles. The maximum atomic E-state index is 12.2. The number of rotatable bonds is 4. The molecule has 1 amide bonds. The van der Waals surface area contributed by atoms with Crippen LogP contribution >= 0.6 is 27.5 Å². The van der Waals surface area contributed by atoms with Crippen molar-refractivity contribution in [2.75, 3.05) is 11.9 Å². The van der Waals surface area contributed by atoms with E-state index in [9.17, 15) is 4.79 Å². The van der Waals surface area contributed by atoms with Crippen LogP contribution in [0.25, 0.3) is 11.6 Å².